The van der Waals surface area contributed by atoms with E-state index in [-0.39, 0.29) is 5.04 Å². The second-order valence-electron chi connectivity index (χ2n) is 7.69. The van der Waals surface area contributed by atoms with Gasteiger partial charge in [-0.2, -0.15) is 0 Å². The zero-order chi connectivity index (χ0) is 16.2. The van der Waals surface area contributed by atoms with Crippen molar-refractivity contribution in [1.82, 2.24) is 0 Å². The van der Waals surface area contributed by atoms with Crippen LogP contribution in [0.1, 0.15) is 43.0 Å². The fraction of sp³-hybridized carbons (Fsp3) is 0.556. The quantitative estimate of drug-likeness (QED) is 0.677. The lowest BCUT2D eigenvalue weighted by Gasteiger charge is -2.38. The Bertz CT molecular complexity index is 607. The summed E-state index contributed by atoms with van der Waals surface area (Å²) in [4.78, 5) is 0. The molecule has 21 heavy (non-hydrogen) atoms. The largest absolute Gasteiger partial charge is 0.543 e. The first-order valence-corrected chi connectivity index (χ1v) is 10.5. The molecule has 1 aliphatic heterocycles. The number of fused-ring (bicyclic) bond motifs is 1. The number of ether oxygens (including phenoxy) is 1. The second kappa shape index (κ2) is 4.91. The number of benzene rings is 1. The van der Waals surface area contributed by atoms with Crippen molar-refractivity contribution in [2.24, 2.45) is 0 Å². The molecule has 0 amide bonds. The highest BCUT2D eigenvalue weighted by Gasteiger charge is 2.40. The van der Waals surface area contributed by atoms with E-state index in [1.165, 1.54) is 22.3 Å². The molecular weight excluding hydrogens is 276 g/mol. The van der Waals surface area contributed by atoms with E-state index in [0.717, 1.165) is 23.7 Å². The normalized spacial score (nSPS) is 15.0. The van der Waals surface area contributed by atoms with E-state index < -0.39 is 8.32 Å². The predicted octanol–water partition coefficient (Wildman–Crippen LogP) is 5.44. The smallest absolute Gasteiger partial charge is 0.250 e. The molecule has 0 unspecified atom stereocenters. The van der Waals surface area contributed by atoms with Crippen molar-refractivity contribution >= 4 is 8.32 Å². The summed E-state index contributed by atoms with van der Waals surface area (Å²) in [5.74, 6) is 2.90. The van der Waals surface area contributed by atoms with Gasteiger partial charge < -0.3 is 9.16 Å². The standard InChI is InChI=1S/C18H28O2Si/c1-11-10-15-14(4)16(12(2)13(3)17(15)19-11)20-21(8,9)18(5,6)7/h1,10H2,2-9H3. The number of rotatable bonds is 2. The van der Waals surface area contributed by atoms with Crippen LogP contribution in [0.3, 0.4) is 0 Å². The van der Waals surface area contributed by atoms with Crippen LogP contribution in [0.4, 0.5) is 0 Å². The molecule has 0 fully saturated rings. The first kappa shape index (κ1) is 16.2. The maximum Gasteiger partial charge on any atom is 0.250 e. The van der Waals surface area contributed by atoms with Gasteiger partial charge in [0.15, 0.2) is 0 Å². The lowest BCUT2D eigenvalue weighted by molar-refractivity contribution is 0.444. The first-order valence-electron chi connectivity index (χ1n) is 7.63. The average Bonchev–Trinajstić information content (AvgIpc) is 2.73. The predicted molar refractivity (Wildman–Crippen MR) is 92.0 cm³/mol. The molecule has 1 aromatic carbocycles. The van der Waals surface area contributed by atoms with Gasteiger partial charge in [0.2, 0.25) is 0 Å². The Morgan fingerprint density at radius 2 is 1.62 bits per heavy atom. The zero-order valence-electron chi connectivity index (χ0n) is 14.7. The Morgan fingerprint density at radius 1 is 1.05 bits per heavy atom. The molecule has 0 atom stereocenters. The van der Waals surface area contributed by atoms with Gasteiger partial charge in [0.05, 0.1) is 0 Å². The molecule has 116 valence electrons. The van der Waals surface area contributed by atoms with Crippen LogP contribution >= 0.6 is 0 Å². The Hall–Kier alpha value is -1.22. The molecule has 0 N–H and O–H groups in total. The van der Waals surface area contributed by atoms with Crippen LogP contribution in [-0.4, -0.2) is 8.32 Å². The van der Waals surface area contributed by atoms with Gasteiger partial charge in [-0.3, -0.25) is 0 Å². The van der Waals surface area contributed by atoms with Gasteiger partial charge in [-0.1, -0.05) is 27.4 Å². The summed E-state index contributed by atoms with van der Waals surface area (Å²) in [7, 11) is -1.84. The first-order chi connectivity index (χ1) is 9.45. The third-order valence-electron chi connectivity index (χ3n) is 5.09. The molecule has 0 radical (unpaired) electrons. The van der Waals surface area contributed by atoms with Crippen LogP contribution in [-0.2, 0) is 6.42 Å². The van der Waals surface area contributed by atoms with Gasteiger partial charge in [-0.15, -0.1) is 0 Å². The highest BCUT2D eigenvalue weighted by atomic mass is 28.4. The van der Waals surface area contributed by atoms with Gasteiger partial charge >= 0.3 is 0 Å². The summed E-state index contributed by atoms with van der Waals surface area (Å²) in [6, 6.07) is 0. The Kier molecular flexibility index (Phi) is 3.77. The van der Waals surface area contributed by atoms with E-state index in [1.54, 1.807) is 0 Å². The highest BCUT2D eigenvalue weighted by molar-refractivity contribution is 6.74. The lowest BCUT2D eigenvalue weighted by Crippen LogP contribution is -2.44. The van der Waals surface area contributed by atoms with E-state index in [0.29, 0.717) is 0 Å². The topological polar surface area (TPSA) is 18.5 Å². The van der Waals surface area contributed by atoms with Gasteiger partial charge in [-0.05, 0) is 55.6 Å². The molecule has 0 aliphatic carbocycles. The Morgan fingerprint density at radius 3 is 2.14 bits per heavy atom. The van der Waals surface area contributed by atoms with Crippen molar-refractivity contribution in [3.8, 4) is 11.5 Å². The summed E-state index contributed by atoms with van der Waals surface area (Å²) in [6.07, 6.45) is 0.802. The van der Waals surface area contributed by atoms with E-state index >= 15 is 0 Å². The maximum absolute atomic E-state index is 6.62. The summed E-state index contributed by atoms with van der Waals surface area (Å²) in [6.45, 7) is 21.8. The minimum absolute atomic E-state index is 0.193. The molecule has 0 saturated heterocycles. The Labute approximate surface area is 130 Å². The third kappa shape index (κ3) is 2.64. The lowest BCUT2D eigenvalue weighted by atomic mass is 9.97. The summed E-state index contributed by atoms with van der Waals surface area (Å²) < 4.78 is 12.4. The minimum atomic E-state index is -1.84. The van der Waals surface area contributed by atoms with Crippen molar-refractivity contribution in [2.45, 2.75) is 66.1 Å². The van der Waals surface area contributed by atoms with E-state index in [4.69, 9.17) is 9.16 Å². The molecular formula is C18H28O2Si. The Balaban J connectivity index is 2.55. The molecule has 2 nitrogen and oxygen atoms in total. The monoisotopic (exact) mass is 304 g/mol. The fourth-order valence-corrected chi connectivity index (χ4v) is 3.57. The van der Waals surface area contributed by atoms with Crippen molar-refractivity contribution in [2.75, 3.05) is 0 Å². The van der Waals surface area contributed by atoms with Gasteiger partial charge in [0.1, 0.15) is 17.3 Å². The van der Waals surface area contributed by atoms with Crippen molar-refractivity contribution < 1.29 is 9.16 Å². The molecule has 3 heteroatoms. The van der Waals surface area contributed by atoms with Gasteiger partial charge in [0.25, 0.3) is 8.32 Å². The van der Waals surface area contributed by atoms with Crippen LogP contribution in [0.2, 0.25) is 18.1 Å². The molecule has 1 aliphatic rings. The minimum Gasteiger partial charge on any atom is -0.543 e. The number of hydrogen-bond donors (Lipinski definition) is 0. The molecule has 0 saturated carbocycles. The van der Waals surface area contributed by atoms with E-state index in [2.05, 4.69) is 61.2 Å². The van der Waals surface area contributed by atoms with Crippen molar-refractivity contribution in [3.05, 3.63) is 34.6 Å². The highest BCUT2D eigenvalue weighted by Crippen LogP contribution is 2.46. The molecule has 2 rings (SSSR count). The number of allylic oxidation sites excluding steroid dienone is 1. The summed E-state index contributed by atoms with van der Waals surface area (Å²) in [5, 5.41) is 0.193. The fourth-order valence-electron chi connectivity index (χ4n) is 2.45. The maximum atomic E-state index is 6.62. The third-order valence-corrected chi connectivity index (χ3v) is 9.42. The molecule has 0 spiro atoms. The van der Waals surface area contributed by atoms with Crippen LogP contribution in [0.15, 0.2) is 12.3 Å². The van der Waals surface area contributed by atoms with Crippen LogP contribution < -0.4 is 9.16 Å². The van der Waals surface area contributed by atoms with E-state index in [9.17, 15) is 0 Å². The average molecular weight is 305 g/mol. The molecule has 0 bridgehead atoms. The van der Waals surface area contributed by atoms with E-state index in [1.807, 2.05) is 0 Å². The molecule has 0 aromatic heterocycles. The SMILES string of the molecule is C=C1Cc2c(C)c(O[Si](C)(C)C(C)(C)C)c(C)c(C)c2O1. The second-order valence-corrected chi connectivity index (χ2v) is 12.4. The van der Waals surface area contributed by atoms with Crippen molar-refractivity contribution in [3.63, 3.8) is 0 Å². The summed E-state index contributed by atoms with van der Waals surface area (Å²) >= 11 is 0. The zero-order valence-corrected chi connectivity index (χ0v) is 15.7. The van der Waals surface area contributed by atoms with Gasteiger partial charge in [0, 0.05) is 12.0 Å². The van der Waals surface area contributed by atoms with Crippen LogP contribution in [0.5, 0.6) is 11.5 Å². The van der Waals surface area contributed by atoms with Crippen LogP contribution in [0.25, 0.3) is 0 Å². The van der Waals surface area contributed by atoms with Gasteiger partial charge in [-0.25, -0.2) is 0 Å². The van der Waals surface area contributed by atoms with Crippen LogP contribution in [0, 0.1) is 20.8 Å². The summed E-state index contributed by atoms with van der Waals surface area (Å²) in [5.41, 5.74) is 4.85. The molecule has 1 aromatic rings. The van der Waals surface area contributed by atoms with Crippen molar-refractivity contribution in [1.29, 1.82) is 0 Å². The number of hydrogen-bond acceptors (Lipinski definition) is 2. The molecule has 1 heterocycles.